The lowest BCUT2D eigenvalue weighted by Crippen LogP contribution is -2.43. The zero-order valence-corrected chi connectivity index (χ0v) is 13.7. The molecule has 7 heteroatoms. The summed E-state index contributed by atoms with van der Waals surface area (Å²) < 4.78 is 7.16. The first-order valence-corrected chi connectivity index (χ1v) is 8.15. The Labute approximate surface area is 140 Å². The van der Waals surface area contributed by atoms with Gasteiger partial charge in [-0.25, -0.2) is 4.68 Å². The number of aromatic nitrogens is 3. The minimum Gasteiger partial charge on any atom is -0.377 e. The van der Waals surface area contributed by atoms with E-state index in [0.29, 0.717) is 29.6 Å². The number of likely N-dealkylation sites (tertiary alicyclic amines) is 1. The van der Waals surface area contributed by atoms with E-state index in [0.717, 1.165) is 19.4 Å². The number of halogens is 1. The minimum atomic E-state index is -0.118. The summed E-state index contributed by atoms with van der Waals surface area (Å²) in [5, 5.41) is 8.59. The van der Waals surface area contributed by atoms with Crippen molar-refractivity contribution in [3.63, 3.8) is 0 Å². The maximum atomic E-state index is 12.6. The summed E-state index contributed by atoms with van der Waals surface area (Å²) in [6, 6.07) is 7.31. The molecule has 2 heterocycles. The first kappa shape index (κ1) is 16.0. The molecule has 1 unspecified atom stereocenters. The second kappa shape index (κ2) is 7.10. The molecular formula is C16H19ClN4O2. The molecule has 1 aromatic carbocycles. The van der Waals surface area contributed by atoms with Crippen molar-refractivity contribution in [1.82, 2.24) is 19.9 Å². The zero-order chi connectivity index (χ0) is 16.2. The summed E-state index contributed by atoms with van der Waals surface area (Å²) >= 11 is 6.15. The van der Waals surface area contributed by atoms with E-state index >= 15 is 0 Å². The van der Waals surface area contributed by atoms with Crippen LogP contribution in [0.5, 0.6) is 0 Å². The van der Waals surface area contributed by atoms with Gasteiger partial charge in [-0.05, 0) is 31.9 Å². The predicted molar refractivity (Wildman–Crippen MR) is 86.9 cm³/mol. The smallest absolute Gasteiger partial charge is 0.276 e. The molecule has 0 bridgehead atoms. The van der Waals surface area contributed by atoms with Gasteiger partial charge in [0, 0.05) is 19.7 Å². The van der Waals surface area contributed by atoms with Gasteiger partial charge in [-0.2, -0.15) is 0 Å². The first-order chi connectivity index (χ1) is 11.2. The molecule has 0 spiro atoms. The van der Waals surface area contributed by atoms with Gasteiger partial charge in [0.25, 0.3) is 5.91 Å². The number of hydrogen-bond donors (Lipinski definition) is 0. The van der Waals surface area contributed by atoms with Gasteiger partial charge in [0.1, 0.15) is 0 Å². The molecule has 1 atom stereocenters. The molecule has 1 aliphatic heterocycles. The van der Waals surface area contributed by atoms with Crippen molar-refractivity contribution in [2.45, 2.75) is 25.9 Å². The molecule has 3 rings (SSSR count). The third kappa shape index (κ3) is 3.54. The van der Waals surface area contributed by atoms with Gasteiger partial charge in [0.15, 0.2) is 5.69 Å². The molecule has 1 fully saturated rings. The molecule has 23 heavy (non-hydrogen) atoms. The standard InChI is InChI=1S/C16H19ClN4O2/c1-2-23-12-6-5-9-20(10-12)16(22)14-11-21(19-18-14)15-8-4-3-7-13(15)17/h3-4,7-8,11-12H,2,5-6,9-10H2,1H3. The molecule has 1 saturated heterocycles. The van der Waals surface area contributed by atoms with Crippen molar-refractivity contribution in [2.75, 3.05) is 19.7 Å². The Morgan fingerprint density at radius 1 is 1.43 bits per heavy atom. The number of piperidine rings is 1. The molecule has 122 valence electrons. The molecule has 0 saturated carbocycles. The van der Waals surface area contributed by atoms with Gasteiger partial charge < -0.3 is 9.64 Å². The Bertz CT molecular complexity index is 686. The molecule has 0 N–H and O–H groups in total. The molecular weight excluding hydrogens is 316 g/mol. The van der Waals surface area contributed by atoms with Crippen LogP contribution in [-0.2, 0) is 4.74 Å². The quantitative estimate of drug-likeness (QED) is 0.862. The Morgan fingerprint density at radius 2 is 2.26 bits per heavy atom. The van der Waals surface area contributed by atoms with E-state index in [2.05, 4.69) is 10.3 Å². The highest BCUT2D eigenvalue weighted by Crippen LogP contribution is 2.20. The third-order valence-corrected chi connectivity index (χ3v) is 4.20. The summed E-state index contributed by atoms with van der Waals surface area (Å²) in [7, 11) is 0. The average Bonchev–Trinajstić information content (AvgIpc) is 3.05. The normalized spacial score (nSPS) is 18.2. The van der Waals surface area contributed by atoms with Crippen molar-refractivity contribution in [3.8, 4) is 5.69 Å². The van der Waals surface area contributed by atoms with Crippen LogP contribution in [-0.4, -0.2) is 51.6 Å². The lowest BCUT2D eigenvalue weighted by Gasteiger charge is -2.31. The predicted octanol–water partition coefficient (Wildman–Crippen LogP) is 2.56. The molecule has 1 aromatic heterocycles. The Balaban J connectivity index is 1.75. The molecule has 0 radical (unpaired) electrons. The van der Waals surface area contributed by atoms with Gasteiger partial charge in [-0.15, -0.1) is 5.10 Å². The lowest BCUT2D eigenvalue weighted by molar-refractivity contribution is 0.00703. The number of hydrogen-bond acceptors (Lipinski definition) is 4. The number of nitrogens with zero attached hydrogens (tertiary/aromatic N) is 4. The van der Waals surface area contributed by atoms with Crippen LogP contribution in [0.1, 0.15) is 30.3 Å². The number of amides is 1. The fourth-order valence-electron chi connectivity index (χ4n) is 2.77. The highest BCUT2D eigenvalue weighted by molar-refractivity contribution is 6.32. The molecule has 6 nitrogen and oxygen atoms in total. The van der Waals surface area contributed by atoms with Crippen LogP contribution in [0.15, 0.2) is 30.5 Å². The maximum Gasteiger partial charge on any atom is 0.276 e. The zero-order valence-electron chi connectivity index (χ0n) is 13.0. The summed E-state index contributed by atoms with van der Waals surface area (Å²) in [4.78, 5) is 14.4. The Kier molecular flexibility index (Phi) is 4.93. The number of benzene rings is 1. The minimum absolute atomic E-state index is 0.108. The van der Waals surface area contributed by atoms with Crippen LogP contribution in [0.3, 0.4) is 0 Å². The number of rotatable bonds is 4. The van der Waals surface area contributed by atoms with Crippen LogP contribution in [0, 0.1) is 0 Å². The van der Waals surface area contributed by atoms with Gasteiger partial charge in [-0.3, -0.25) is 4.79 Å². The van der Waals surface area contributed by atoms with Crippen LogP contribution >= 0.6 is 11.6 Å². The molecule has 2 aromatic rings. The second-order valence-corrected chi connectivity index (χ2v) is 5.88. The van der Waals surface area contributed by atoms with Crippen molar-refractivity contribution >= 4 is 17.5 Å². The topological polar surface area (TPSA) is 60.2 Å². The summed E-state index contributed by atoms with van der Waals surface area (Å²) in [5.41, 5.74) is 1.02. The van der Waals surface area contributed by atoms with E-state index in [9.17, 15) is 4.79 Å². The van der Waals surface area contributed by atoms with E-state index in [1.165, 1.54) is 4.68 Å². The van der Waals surface area contributed by atoms with Crippen LogP contribution in [0.4, 0.5) is 0 Å². The van der Waals surface area contributed by atoms with E-state index in [4.69, 9.17) is 16.3 Å². The van der Waals surface area contributed by atoms with Crippen molar-refractivity contribution < 1.29 is 9.53 Å². The van der Waals surface area contributed by atoms with Gasteiger partial charge >= 0.3 is 0 Å². The third-order valence-electron chi connectivity index (χ3n) is 3.88. The van der Waals surface area contributed by atoms with Crippen LogP contribution < -0.4 is 0 Å². The SMILES string of the molecule is CCOC1CCCN(C(=O)c2cn(-c3ccccc3Cl)nn2)C1. The van der Waals surface area contributed by atoms with E-state index in [-0.39, 0.29) is 12.0 Å². The van der Waals surface area contributed by atoms with Crippen molar-refractivity contribution in [1.29, 1.82) is 0 Å². The fourth-order valence-corrected chi connectivity index (χ4v) is 3.00. The van der Waals surface area contributed by atoms with Gasteiger partial charge in [-0.1, -0.05) is 28.9 Å². The summed E-state index contributed by atoms with van der Waals surface area (Å²) in [6.07, 6.45) is 3.66. The van der Waals surface area contributed by atoms with Gasteiger partial charge in [0.2, 0.25) is 0 Å². The average molecular weight is 335 g/mol. The molecule has 1 aliphatic rings. The van der Waals surface area contributed by atoms with Crippen molar-refractivity contribution in [2.24, 2.45) is 0 Å². The highest BCUT2D eigenvalue weighted by Gasteiger charge is 2.26. The van der Waals surface area contributed by atoms with Crippen LogP contribution in [0.2, 0.25) is 5.02 Å². The number of ether oxygens (including phenoxy) is 1. The van der Waals surface area contributed by atoms with E-state index < -0.39 is 0 Å². The molecule has 1 amide bonds. The van der Waals surface area contributed by atoms with E-state index in [1.807, 2.05) is 25.1 Å². The summed E-state index contributed by atoms with van der Waals surface area (Å²) in [5.74, 6) is -0.118. The number of carbonyl (C=O) groups is 1. The Hall–Kier alpha value is -1.92. The van der Waals surface area contributed by atoms with E-state index in [1.54, 1.807) is 17.2 Å². The van der Waals surface area contributed by atoms with Crippen LogP contribution in [0.25, 0.3) is 5.69 Å². The first-order valence-electron chi connectivity index (χ1n) is 7.77. The maximum absolute atomic E-state index is 12.6. The fraction of sp³-hybridized carbons (Fsp3) is 0.438. The monoisotopic (exact) mass is 334 g/mol. The highest BCUT2D eigenvalue weighted by atomic mass is 35.5. The number of carbonyl (C=O) groups excluding carboxylic acids is 1. The van der Waals surface area contributed by atoms with Gasteiger partial charge in [0.05, 0.1) is 23.0 Å². The van der Waals surface area contributed by atoms with Crippen molar-refractivity contribution in [3.05, 3.63) is 41.2 Å². The lowest BCUT2D eigenvalue weighted by atomic mass is 10.1. The second-order valence-electron chi connectivity index (χ2n) is 5.47. The largest absolute Gasteiger partial charge is 0.377 e. The Morgan fingerprint density at radius 3 is 3.04 bits per heavy atom. The summed E-state index contributed by atoms with van der Waals surface area (Å²) in [6.45, 7) is 3.96. The number of para-hydroxylation sites is 1. The molecule has 0 aliphatic carbocycles.